The minimum atomic E-state index is 0.397. The molecular weight excluding hydrogens is 244 g/mol. The van der Waals surface area contributed by atoms with Gasteiger partial charge in [0.25, 0.3) is 0 Å². The molecule has 0 aliphatic heterocycles. The summed E-state index contributed by atoms with van der Waals surface area (Å²) in [4.78, 5) is 4.44. The topological polar surface area (TPSA) is 24.9 Å². The molecular formula is C18H26N2. The van der Waals surface area contributed by atoms with Gasteiger partial charge in [0.2, 0.25) is 0 Å². The number of fused-ring (bicyclic) bond motifs is 1. The van der Waals surface area contributed by atoms with Gasteiger partial charge < -0.3 is 5.32 Å². The maximum Gasteiger partial charge on any atom is 0.0367 e. The summed E-state index contributed by atoms with van der Waals surface area (Å²) in [6, 6.07) is 8.96. The molecule has 0 amide bonds. The molecule has 1 aromatic heterocycles. The van der Waals surface area contributed by atoms with E-state index in [2.05, 4.69) is 55.5 Å². The molecule has 1 aromatic carbocycles. The van der Waals surface area contributed by atoms with Crippen molar-refractivity contribution < 1.29 is 0 Å². The van der Waals surface area contributed by atoms with E-state index in [9.17, 15) is 0 Å². The monoisotopic (exact) mass is 270 g/mol. The zero-order valence-electron chi connectivity index (χ0n) is 12.9. The summed E-state index contributed by atoms with van der Waals surface area (Å²) in [5, 5.41) is 6.11. The van der Waals surface area contributed by atoms with Crippen molar-refractivity contribution >= 4 is 10.8 Å². The zero-order valence-corrected chi connectivity index (χ0v) is 12.9. The summed E-state index contributed by atoms with van der Waals surface area (Å²) >= 11 is 0. The minimum absolute atomic E-state index is 0.397. The lowest BCUT2D eigenvalue weighted by molar-refractivity contribution is 0.332. The van der Waals surface area contributed by atoms with Crippen LogP contribution in [0.25, 0.3) is 10.8 Å². The Hall–Kier alpha value is -1.41. The average molecular weight is 270 g/mol. The van der Waals surface area contributed by atoms with E-state index in [0.29, 0.717) is 12.0 Å². The van der Waals surface area contributed by atoms with Crippen LogP contribution in [0.15, 0.2) is 36.7 Å². The predicted octanol–water partition coefficient (Wildman–Crippen LogP) is 4.71. The highest BCUT2D eigenvalue weighted by Crippen LogP contribution is 2.32. The van der Waals surface area contributed by atoms with Crippen molar-refractivity contribution in [3.63, 3.8) is 0 Å². The van der Waals surface area contributed by atoms with Gasteiger partial charge >= 0.3 is 0 Å². The fourth-order valence-electron chi connectivity index (χ4n) is 3.25. The quantitative estimate of drug-likeness (QED) is 0.788. The van der Waals surface area contributed by atoms with Crippen LogP contribution in [0.5, 0.6) is 0 Å². The highest BCUT2D eigenvalue weighted by molar-refractivity contribution is 5.85. The summed E-state index contributed by atoms with van der Waals surface area (Å²) in [6.07, 6.45) is 9.01. The van der Waals surface area contributed by atoms with E-state index in [-0.39, 0.29) is 0 Å². The van der Waals surface area contributed by atoms with Crippen molar-refractivity contribution in [2.24, 2.45) is 5.92 Å². The molecule has 0 radical (unpaired) electrons. The van der Waals surface area contributed by atoms with Crippen molar-refractivity contribution in [2.45, 2.75) is 45.6 Å². The van der Waals surface area contributed by atoms with E-state index in [1.807, 2.05) is 12.4 Å². The predicted molar refractivity (Wildman–Crippen MR) is 86.8 cm³/mol. The fraction of sp³-hybridized carbons (Fsp3) is 0.500. The van der Waals surface area contributed by atoms with Gasteiger partial charge in [-0.1, -0.05) is 51.0 Å². The van der Waals surface area contributed by atoms with Crippen LogP contribution in [0.1, 0.15) is 51.1 Å². The molecule has 1 atom stereocenters. The van der Waals surface area contributed by atoms with E-state index in [1.54, 1.807) is 0 Å². The van der Waals surface area contributed by atoms with Crippen molar-refractivity contribution in [3.8, 4) is 0 Å². The van der Waals surface area contributed by atoms with Crippen molar-refractivity contribution in [3.05, 3.63) is 42.2 Å². The van der Waals surface area contributed by atoms with Crippen LogP contribution < -0.4 is 5.32 Å². The van der Waals surface area contributed by atoms with Gasteiger partial charge in [-0.3, -0.25) is 4.98 Å². The normalized spacial score (nSPS) is 13.0. The molecule has 2 heteroatoms. The van der Waals surface area contributed by atoms with Gasteiger partial charge in [-0.25, -0.2) is 0 Å². The molecule has 1 unspecified atom stereocenters. The number of hydrogen-bond acceptors (Lipinski definition) is 2. The number of nitrogens with one attached hydrogen (secondary N) is 1. The van der Waals surface area contributed by atoms with E-state index in [0.717, 1.165) is 0 Å². The number of nitrogens with zero attached hydrogens (tertiary/aromatic N) is 1. The van der Waals surface area contributed by atoms with Crippen molar-refractivity contribution in [2.75, 3.05) is 7.05 Å². The van der Waals surface area contributed by atoms with Crippen LogP contribution in [0.2, 0.25) is 0 Å². The van der Waals surface area contributed by atoms with E-state index in [1.165, 1.54) is 42.0 Å². The SMILES string of the molecule is CCCC(CCC)C(NC)c1cncc2ccccc12. The van der Waals surface area contributed by atoms with Gasteiger partial charge in [-0.15, -0.1) is 0 Å². The van der Waals surface area contributed by atoms with E-state index < -0.39 is 0 Å². The van der Waals surface area contributed by atoms with Gasteiger partial charge in [0, 0.05) is 23.8 Å². The van der Waals surface area contributed by atoms with Crippen molar-refractivity contribution in [1.82, 2.24) is 10.3 Å². The van der Waals surface area contributed by atoms with Gasteiger partial charge in [-0.05, 0) is 36.8 Å². The van der Waals surface area contributed by atoms with E-state index in [4.69, 9.17) is 0 Å². The molecule has 0 saturated heterocycles. The summed E-state index contributed by atoms with van der Waals surface area (Å²) in [5.41, 5.74) is 1.34. The maximum atomic E-state index is 4.44. The highest BCUT2D eigenvalue weighted by atomic mass is 14.9. The Balaban J connectivity index is 2.42. The van der Waals surface area contributed by atoms with Crippen LogP contribution in [0.3, 0.4) is 0 Å². The lowest BCUT2D eigenvalue weighted by Gasteiger charge is -2.27. The second kappa shape index (κ2) is 7.39. The number of rotatable bonds is 7. The number of aromatic nitrogens is 1. The molecule has 0 aliphatic rings. The third-order valence-electron chi connectivity index (χ3n) is 4.14. The molecule has 0 bridgehead atoms. The van der Waals surface area contributed by atoms with Crippen LogP contribution in [-0.2, 0) is 0 Å². The lowest BCUT2D eigenvalue weighted by Crippen LogP contribution is -2.25. The molecule has 2 nitrogen and oxygen atoms in total. The summed E-state index contributed by atoms with van der Waals surface area (Å²) in [7, 11) is 2.07. The third-order valence-corrected chi connectivity index (χ3v) is 4.14. The first-order chi connectivity index (χ1) is 9.81. The molecule has 0 fully saturated rings. The fourth-order valence-corrected chi connectivity index (χ4v) is 3.25. The van der Waals surface area contributed by atoms with Gasteiger partial charge in [-0.2, -0.15) is 0 Å². The Morgan fingerprint density at radius 1 is 1.05 bits per heavy atom. The Kier molecular flexibility index (Phi) is 5.54. The molecule has 2 rings (SSSR count). The molecule has 1 N–H and O–H groups in total. The molecule has 20 heavy (non-hydrogen) atoms. The minimum Gasteiger partial charge on any atom is -0.313 e. The van der Waals surface area contributed by atoms with Crippen LogP contribution in [0.4, 0.5) is 0 Å². The Labute approximate surface area is 122 Å². The van der Waals surface area contributed by atoms with Gasteiger partial charge in [0.05, 0.1) is 0 Å². The van der Waals surface area contributed by atoms with Crippen molar-refractivity contribution in [1.29, 1.82) is 0 Å². The Bertz CT molecular complexity index is 524. The summed E-state index contributed by atoms with van der Waals surface area (Å²) in [6.45, 7) is 4.55. The number of hydrogen-bond donors (Lipinski definition) is 1. The standard InChI is InChI=1S/C18H26N2/c1-4-8-14(9-5-2)18(19-3)17-13-20-12-15-10-6-7-11-16(15)17/h6-7,10-14,18-19H,4-5,8-9H2,1-3H3. The molecule has 2 aromatic rings. The summed E-state index contributed by atoms with van der Waals surface area (Å²) < 4.78 is 0. The second-order valence-corrected chi connectivity index (χ2v) is 5.55. The van der Waals surface area contributed by atoms with Gasteiger partial charge in [0.15, 0.2) is 0 Å². The molecule has 1 heterocycles. The maximum absolute atomic E-state index is 4.44. The Morgan fingerprint density at radius 2 is 1.75 bits per heavy atom. The smallest absolute Gasteiger partial charge is 0.0367 e. The first-order valence-corrected chi connectivity index (χ1v) is 7.81. The molecule has 0 saturated carbocycles. The summed E-state index contributed by atoms with van der Waals surface area (Å²) in [5.74, 6) is 0.683. The average Bonchev–Trinajstić information content (AvgIpc) is 2.49. The highest BCUT2D eigenvalue weighted by Gasteiger charge is 2.22. The first-order valence-electron chi connectivity index (χ1n) is 7.81. The van der Waals surface area contributed by atoms with E-state index >= 15 is 0 Å². The largest absolute Gasteiger partial charge is 0.313 e. The second-order valence-electron chi connectivity index (χ2n) is 5.55. The first kappa shape index (κ1) is 15.0. The third kappa shape index (κ3) is 3.18. The van der Waals surface area contributed by atoms with Crippen LogP contribution in [-0.4, -0.2) is 12.0 Å². The number of pyridine rings is 1. The Morgan fingerprint density at radius 3 is 2.40 bits per heavy atom. The number of benzene rings is 1. The lowest BCUT2D eigenvalue weighted by atomic mass is 9.85. The van der Waals surface area contributed by atoms with Crippen LogP contribution >= 0.6 is 0 Å². The molecule has 0 aliphatic carbocycles. The molecule has 0 spiro atoms. The zero-order chi connectivity index (χ0) is 14.4. The molecule has 108 valence electrons. The van der Waals surface area contributed by atoms with Gasteiger partial charge in [0.1, 0.15) is 0 Å². The van der Waals surface area contributed by atoms with Crippen LogP contribution in [0, 0.1) is 5.92 Å².